The fourth-order valence-electron chi connectivity index (χ4n) is 4.10. The molecule has 34 heavy (non-hydrogen) atoms. The summed E-state index contributed by atoms with van der Waals surface area (Å²) in [4.78, 5) is 20.4. The fraction of sp³-hybridized carbons (Fsp3) is 0.400. The summed E-state index contributed by atoms with van der Waals surface area (Å²) >= 11 is 6.38. The van der Waals surface area contributed by atoms with E-state index in [0.717, 1.165) is 36.8 Å². The maximum atomic E-state index is 13.9. The standard InChI is InChI=1S/C25H30ClFN6O/c1-16-12-19(7-8-21(16)27)22-13-23(30-25(29-22)31(4)18(3)15-34)33-11-10-32(14-17(33)2)24-20(26)6-5-9-28-24/h5-9,12-13,17-18,34H,10-11,14-15H2,1-4H3/t17-,18?/m1/s1. The second-order valence-corrected chi connectivity index (χ2v) is 9.22. The quantitative estimate of drug-likeness (QED) is 0.563. The molecule has 1 N–H and O–H groups in total. The Balaban J connectivity index is 1.69. The van der Waals surface area contributed by atoms with Crippen molar-refractivity contribution in [2.75, 3.05) is 48.0 Å². The van der Waals surface area contributed by atoms with Crippen molar-refractivity contribution in [3.8, 4) is 11.3 Å². The van der Waals surface area contributed by atoms with E-state index in [1.807, 2.05) is 37.1 Å². The second kappa shape index (κ2) is 10.1. The average Bonchev–Trinajstić information content (AvgIpc) is 2.84. The first-order chi connectivity index (χ1) is 16.3. The predicted molar refractivity (Wildman–Crippen MR) is 135 cm³/mol. The van der Waals surface area contributed by atoms with Gasteiger partial charge in [0.15, 0.2) is 0 Å². The van der Waals surface area contributed by atoms with E-state index in [0.29, 0.717) is 22.2 Å². The lowest BCUT2D eigenvalue weighted by molar-refractivity contribution is 0.269. The summed E-state index contributed by atoms with van der Waals surface area (Å²) in [5.74, 6) is 1.84. The smallest absolute Gasteiger partial charge is 0.227 e. The normalized spacial score (nSPS) is 17.1. The predicted octanol–water partition coefficient (Wildman–Crippen LogP) is 4.17. The molecule has 1 unspecified atom stereocenters. The SMILES string of the molecule is Cc1cc(-c2cc(N3CCN(c4ncccc4Cl)C[C@H]3C)nc(N(C)C(C)CO)n2)ccc1F. The van der Waals surface area contributed by atoms with Gasteiger partial charge < -0.3 is 19.8 Å². The Morgan fingerprint density at radius 3 is 2.71 bits per heavy atom. The number of benzene rings is 1. The van der Waals surface area contributed by atoms with E-state index in [4.69, 9.17) is 21.6 Å². The number of aliphatic hydroxyl groups excluding tert-OH is 1. The summed E-state index contributed by atoms with van der Waals surface area (Å²) in [7, 11) is 1.87. The lowest BCUT2D eigenvalue weighted by atomic mass is 10.1. The van der Waals surface area contributed by atoms with Gasteiger partial charge in [0.05, 0.1) is 23.4 Å². The zero-order valence-electron chi connectivity index (χ0n) is 19.9. The number of aromatic nitrogens is 3. The molecular weight excluding hydrogens is 455 g/mol. The van der Waals surface area contributed by atoms with Crippen LogP contribution in [0.4, 0.5) is 22.0 Å². The van der Waals surface area contributed by atoms with Gasteiger partial charge in [0.25, 0.3) is 0 Å². The molecule has 1 saturated heterocycles. The molecule has 1 aliphatic heterocycles. The summed E-state index contributed by atoms with van der Waals surface area (Å²) < 4.78 is 13.9. The van der Waals surface area contributed by atoms with E-state index in [-0.39, 0.29) is 24.5 Å². The van der Waals surface area contributed by atoms with E-state index in [2.05, 4.69) is 21.7 Å². The Morgan fingerprint density at radius 1 is 1.24 bits per heavy atom. The molecule has 2 aromatic heterocycles. The number of piperazine rings is 1. The van der Waals surface area contributed by atoms with E-state index in [1.165, 1.54) is 6.07 Å². The third-order valence-electron chi connectivity index (χ3n) is 6.36. The van der Waals surface area contributed by atoms with Crippen molar-refractivity contribution < 1.29 is 9.50 Å². The minimum Gasteiger partial charge on any atom is -0.394 e. The van der Waals surface area contributed by atoms with Crippen LogP contribution in [0.1, 0.15) is 19.4 Å². The maximum absolute atomic E-state index is 13.9. The van der Waals surface area contributed by atoms with E-state index in [9.17, 15) is 9.50 Å². The number of hydrogen-bond acceptors (Lipinski definition) is 7. The molecule has 9 heteroatoms. The summed E-state index contributed by atoms with van der Waals surface area (Å²) in [5, 5.41) is 10.3. The molecule has 1 aromatic carbocycles. The van der Waals surface area contributed by atoms with Gasteiger partial charge in [-0.05, 0) is 56.7 Å². The highest BCUT2D eigenvalue weighted by Gasteiger charge is 2.28. The van der Waals surface area contributed by atoms with Crippen LogP contribution >= 0.6 is 11.6 Å². The molecule has 7 nitrogen and oxygen atoms in total. The van der Waals surface area contributed by atoms with Gasteiger partial charge in [0.1, 0.15) is 17.5 Å². The van der Waals surface area contributed by atoms with Crippen LogP contribution in [0.25, 0.3) is 11.3 Å². The number of likely N-dealkylation sites (N-methyl/N-ethyl adjacent to an activating group) is 1. The molecule has 3 heterocycles. The molecule has 4 rings (SSSR count). The largest absolute Gasteiger partial charge is 0.394 e. The highest BCUT2D eigenvalue weighted by molar-refractivity contribution is 6.32. The summed E-state index contributed by atoms with van der Waals surface area (Å²) in [5.41, 5.74) is 2.09. The highest BCUT2D eigenvalue weighted by Crippen LogP contribution is 2.30. The van der Waals surface area contributed by atoms with Gasteiger partial charge in [-0.3, -0.25) is 0 Å². The zero-order valence-corrected chi connectivity index (χ0v) is 20.7. The molecule has 0 amide bonds. The van der Waals surface area contributed by atoms with Crippen LogP contribution in [0.15, 0.2) is 42.6 Å². The first kappa shape index (κ1) is 24.2. The number of hydrogen-bond donors (Lipinski definition) is 1. The minimum atomic E-state index is -0.248. The molecule has 3 aromatic rings. The van der Waals surface area contributed by atoms with Crippen molar-refractivity contribution in [1.82, 2.24) is 15.0 Å². The molecule has 1 fully saturated rings. The van der Waals surface area contributed by atoms with Gasteiger partial charge in [0, 0.05) is 50.6 Å². The Morgan fingerprint density at radius 2 is 2.03 bits per heavy atom. The summed E-state index contributed by atoms with van der Waals surface area (Å²) in [6.45, 7) is 7.99. The third kappa shape index (κ3) is 4.93. The molecule has 0 saturated carbocycles. The van der Waals surface area contributed by atoms with Crippen LogP contribution in [0, 0.1) is 12.7 Å². The van der Waals surface area contributed by atoms with Crippen molar-refractivity contribution in [3.05, 3.63) is 59.0 Å². The van der Waals surface area contributed by atoms with Crippen LogP contribution in [0.5, 0.6) is 0 Å². The molecular formula is C25H30ClFN6O. The topological polar surface area (TPSA) is 68.6 Å². The number of pyridine rings is 1. The second-order valence-electron chi connectivity index (χ2n) is 8.82. The average molecular weight is 485 g/mol. The molecule has 1 aliphatic rings. The number of halogens is 2. The van der Waals surface area contributed by atoms with Gasteiger partial charge in [-0.1, -0.05) is 11.6 Å². The number of nitrogens with zero attached hydrogens (tertiary/aromatic N) is 6. The summed E-state index contributed by atoms with van der Waals surface area (Å²) in [6, 6.07) is 10.6. The van der Waals surface area contributed by atoms with Crippen LogP contribution in [-0.2, 0) is 0 Å². The fourth-order valence-corrected chi connectivity index (χ4v) is 4.34. The van der Waals surface area contributed by atoms with Crippen molar-refractivity contribution in [2.45, 2.75) is 32.9 Å². The number of aliphatic hydroxyl groups is 1. The van der Waals surface area contributed by atoms with Gasteiger partial charge >= 0.3 is 0 Å². The van der Waals surface area contributed by atoms with Gasteiger partial charge in [-0.25, -0.2) is 14.4 Å². The molecule has 0 bridgehead atoms. The van der Waals surface area contributed by atoms with Gasteiger partial charge in [-0.15, -0.1) is 0 Å². The number of aryl methyl sites for hydroxylation is 1. The highest BCUT2D eigenvalue weighted by atomic mass is 35.5. The first-order valence-electron chi connectivity index (χ1n) is 11.4. The Hall–Kier alpha value is -2.97. The maximum Gasteiger partial charge on any atom is 0.227 e. The molecule has 2 atom stereocenters. The van der Waals surface area contributed by atoms with Crippen LogP contribution in [0.3, 0.4) is 0 Å². The van der Waals surface area contributed by atoms with Crippen molar-refractivity contribution in [3.63, 3.8) is 0 Å². The van der Waals surface area contributed by atoms with Crippen LogP contribution in [-0.4, -0.2) is 65.4 Å². The molecule has 0 spiro atoms. The zero-order chi connectivity index (χ0) is 24.4. The summed E-state index contributed by atoms with van der Waals surface area (Å²) in [6.07, 6.45) is 1.75. The molecule has 0 aliphatic carbocycles. The number of rotatable bonds is 6. The van der Waals surface area contributed by atoms with Crippen LogP contribution < -0.4 is 14.7 Å². The van der Waals surface area contributed by atoms with Crippen molar-refractivity contribution >= 4 is 29.2 Å². The minimum absolute atomic E-state index is 0.0189. The Labute approximate surface area is 204 Å². The van der Waals surface area contributed by atoms with E-state index in [1.54, 1.807) is 25.3 Å². The first-order valence-corrected chi connectivity index (χ1v) is 11.8. The number of anilines is 3. The Kier molecular flexibility index (Phi) is 7.19. The van der Waals surface area contributed by atoms with Crippen LogP contribution in [0.2, 0.25) is 5.02 Å². The van der Waals surface area contributed by atoms with Gasteiger partial charge in [-0.2, -0.15) is 4.98 Å². The van der Waals surface area contributed by atoms with E-state index >= 15 is 0 Å². The Bertz CT molecular complexity index is 1160. The van der Waals surface area contributed by atoms with Crippen molar-refractivity contribution in [1.29, 1.82) is 0 Å². The van der Waals surface area contributed by atoms with Gasteiger partial charge in [0.2, 0.25) is 5.95 Å². The third-order valence-corrected chi connectivity index (χ3v) is 6.65. The van der Waals surface area contributed by atoms with Crippen molar-refractivity contribution in [2.24, 2.45) is 0 Å². The monoisotopic (exact) mass is 484 g/mol. The lowest BCUT2D eigenvalue weighted by Crippen LogP contribution is -2.52. The molecule has 180 valence electrons. The molecule has 0 radical (unpaired) electrons. The van der Waals surface area contributed by atoms with E-state index < -0.39 is 0 Å². The lowest BCUT2D eigenvalue weighted by Gasteiger charge is -2.41.